The minimum Gasteiger partial charge on any atom is -0.123 e. The molecular weight excluding hydrogens is 260 g/mol. The lowest BCUT2D eigenvalue weighted by atomic mass is 9.99. The lowest BCUT2D eigenvalue weighted by Crippen LogP contribution is -2.12. The van der Waals surface area contributed by atoms with Crippen LogP contribution in [0.15, 0.2) is 71.2 Å². The molecule has 0 aromatic heterocycles. The third-order valence-electron chi connectivity index (χ3n) is 3.21. The average molecular weight is 286 g/mol. The van der Waals surface area contributed by atoms with E-state index in [0.29, 0.717) is 11.2 Å². The Morgan fingerprint density at radius 2 is 2.05 bits per heavy atom. The molecule has 108 valence electrons. The Hall–Kier alpha value is -1.21. The van der Waals surface area contributed by atoms with E-state index >= 15 is 0 Å². The van der Waals surface area contributed by atoms with Crippen LogP contribution in [0.4, 0.5) is 0 Å². The van der Waals surface area contributed by atoms with Gasteiger partial charge >= 0.3 is 0 Å². The molecule has 0 aromatic carbocycles. The van der Waals surface area contributed by atoms with E-state index in [1.165, 1.54) is 21.6 Å². The standard InChI is InChI=1S/C19H26S/c1-7-18(11-8-14(2)3)13-17(6)20-19-12-15(4)9-10-16(19)5/h7-12,16,19H,1,6,13H2,2-5H3/b18-11+. The van der Waals surface area contributed by atoms with Crippen LogP contribution in [-0.4, -0.2) is 5.25 Å². The van der Waals surface area contributed by atoms with Crippen molar-refractivity contribution in [3.8, 4) is 0 Å². The highest BCUT2D eigenvalue weighted by Crippen LogP contribution is 2.34. The molecule has 0 amide bonds. The molecule has 0 radical (unpaired) electrons. The van der Waals surface area contributed by atoms with Gasteiger partial charge in [-0.15, -0.1) is 11.8 Å². The number of hydrogen-bond donors (Lipinski definition) is 0. The van der Waals surface area contributed by atoms with E-state index in [9.17, 15) is 0 Å². The summed E-state index contributed by atoms with van der Waals surface area (Å²) in [5, 5.41) is 0.502. The van der Waals surface area contributed by atoms with Gasteiger partial charge in [0.15, 0.2) is 0 Å². The predicted molar refractivity (Wildman–Crippen MR) is 94.9 cm³/mol. The van der Waals surface area contributed by atoms with Crippen molar-refractivity contribution < 1.29 is 0 Å². The van der Waals surface area contributed by atoms with Gasteiger partial charge in [-0.05, 0) is 37.2 Å². The molecule has 0 aromatic rings. The van der Waals surface area contributed by atoms with Gasteiger partial charge in [0, 0.05) is 11.7 Å². The first-order valence-electron chi connectivity index (χ1n) is 7.10. The molecule has 0 heterocycles. The highest BCUT2D eigenvalue weighted by atomic mass is 32.2. The monoisotopic (exact) mass is 286 g/mol. The van der Waals surface area contributed by atoms with Crippen molar-refractivity contribution in [1.82, 2.24) is 0 Å². The number of hydrogen-bond acceptors (Lipinski definition) is 1. The maximum Gasteiger partial charge on any atom is 0.0336 e. The Kier molecular flexibility index (Phi) is 6.87. The lowest BCUT2D eigenvalue weighted by Gasteiger charge is -2.22. The number of rotatable bonds is 6. The number of thioether (sulfide) groups is 1. The van der Waals surface area contributed by atoms with Gasteiger partial charge in [0.05, 0.1) is 0 Å². The molecule has 2 atom stereocenters. The lowest BCUT2D eigenvalue weighted by molar-refractivity contribution is 0.748. The zero-order chi connectivity index (χ0) is 15.1. The van der Waals surface area contributed by atoms with Gasteiger partial charge < -0.3 is 0 Å². The second-order valence-corrected chi connectivity index (χ2v) is 6.97. The van der Waals surface area contributed by atoms with Gasteiger partial charge in [-0.25, -0.2) is 0 Å². The van der Waals surface area contributed by atoms with E-state index in [0.717, 1.165) is 6.42 Å². The van der Waals surface area contributed by atoms with Crippen molar-refractivity contribution in [3.63, 3.8) is 0 Å². The molecular formula is C19H26S. The van der Waals surface area contributed by atoms with Gasteiger partial charge in [0.25, 0.3) is 0 Å². The second-order valence-electron chi connectivity index (χ2n) is 5.62. The summed E-state index contributed by atoms with van der Waals surface area (Å²) in [5.74, 6) is 0.564. The zero-order valence-corrected chi connectivity index (χ0v) is 14.0. The molecule has 1 heteroatoms. The van der Waals surface area contributed by atoms with Crippen molar-refractivity contribution in [1.29, 1.82) is 0 Å². The van der Waals surface area contributed by atoms with Gasteiger partial charge in [-0.1, -0.05) is 67.7 Å². The molecule has 0 nitrogen and oxygen atoms in total. The van der Waals surface area contributed by atoms with Crippen LogP contribution >= 0.6 is 11.8 Å². The van der Waals surface area contributed by atoms with E-state index in [1.807, 2.05) is 17.8 Å². The SMILES string of the molecule is C=C/C(=C\C=C(C)C)CC(=C)SC1C=C(C)C=CC1C. The van der Waals surface area contributed by atoms with Crippen molar-refractivity contribution in [2.24, 2.45) is 5.92 Å². The van der Waals surface area contributed by atoms with Gasteiger partial charge in [0.1, 0.15) is 0 Å². The zero-order valence-electron chi connectivity index (χ0n) is 13.1. The summed E-state index contributed by atoms with van der Waals surface area (Å²) in [5.41, 5.74) is 3.87. The maximum atomic E-state index is 4.22. The van der Waals surface area contributed by atoms with E-state index in [1.54, 1.807) is 0 Å². The third kappa shape index (κ3) is 5.83. The predicted octanol–water partition coefficient (Wildman–Crippen LogP) is 6.22. The van der Waals surface area contributed by atoms with Crippen LogP contribution in [0.1, 0.15) is 34.1 Å². The van der Waals surface area contributed by atoms with Crippen molar-refractivity contribution in [3.05, 3.63) is 71.2 Å². The third-order valence-corrected chi connectivity index (χ3v) is 4.52. The largest absolute Gasteiger partial charge is 0.123 e. The Morgan fingerprint density at radius 3 is 2.65 bits per heavy atom. The first kappa shape index (κ1) is 16.8. The molecule has 0 spiro atoms. The normalized spacial score (nSPS) is 22.2. The van der Waals surface area contributed by atoms with Crippen LogP contribution in [0.2, 0.25) is 0 Å². The second kappa shape index (κ2) is 8.16. The van der Waals surface area contributed by atoms with E-state index in [4.69, 9.17) is 0 Å². The summed E-state index contributed by atoms with van der Waals surface area (Å²) in [6.45, 7) is 16.7. The Labute approximate surface area is 128 Å². The summed E-state index contributed by atoms with van der Waals surface area (Å²) in [6, 6.07) is 0. The Bertz CT molecular complexity index is 482. The van der Waals surface area contributed by atoms with Crippen molar-refractivity contribution in [2.75, 3.05) is 0 Å². The molecule has 1 aliphatic carbocycles. The maximum absolute atomic E-state index is 4.22. The van der Waals surface area contributed by atoms with Gasteiger partial charge in [-0.3, -0.25) is 0 Å². The smallest absolute Gasteiger partial charge is 0.0336 e. The number of allylic oxidation sites excluding steroid dienone is 9. The molecule has 0 fully saturated rings. The Morgan fingerprint density at radius 1 is 1.35 bits per heavy atom. The topological polar surface area (TPSA) is 0 Å². The van der Waals surface area contributed by atoms with E-state index in [-0.39, 0.29) is 0 Å². The van der Waals surface area contributed by atoms with Crippen LogP contribution in [0.3, 0.4) is 0 Å². The molecule has 0 saturated carbocycles. The van der Waals surface area contributed by atoms with Crippen LogP contribution in [0.25, 0.3) is 0 Å². The highest BCUT2D eigenvalue weighted by molar-refractivity contribution is 8.03. The summed E-state index contributed by atoms with van der Waals surface area (Å²) < 4.78 is 0. The fraction of sp³-hybridized carbons (Fsp3) is 0.368. The molecule has 1 rings (SSSR count). The van der Waals surface area contributed by atoms with Crippen LogP contribution in [0, 0.1) is 5.92 Å². The fourth-order valence-electron chi connectivity index (χ4n) is 1.96. The highest BCUT2D eigenvalue weighted by Gasteiger charge is 2.17. The first-order chi connectivity index (χ1) is 9.42. The van der Waals surface area contributed by atoms with E-state index in [2.05, 4.69) is 71.2 Å². The van der Waals surface area contributed by atoms with Gasteiger partial charge in [-0.2, -0.15) is 0 Å². The molecule has 2 unspecified atom stereocenters. The van der Waals surface area contributed by atoms with E-state index < -0.39 is 0 Å². The summed E-state index contributed by atoms with van der Waals surface area (Å²) in [6.07, 6.45) is 13.9. The molecule has 20 heavy (non-hydrogen) atoms. The quantitative estimate of drug-likeness (QED) is 0.522. The fourth-order valence-corrected chi connectivity index (χ4v) is 3.18. The van der Waals surface area contributed by atoms with Crippen molar-refractivity contribution in [2.45, 2.75) is 39.4 Å². The molecule has 1 aliphatic rings. The van der Waals surface area contributed by atoms with Gasteiger partial charge in [0.2, 0.25) is 0 Å². The molecule has 0 bridgehead atoms. The minimum absolute atomic E-state index is 0.502. The summed E-state index contributed by atoms with van der Waals surface area (Å²) in [4.78, 5) is 1.20. The van der Waals surface area contributed by atoms with Crippen molar-refractivity contribution >= 4 is 11.8 Å². The average Bonchev–Trinajstić information content (AvgIpc) is 2.38. The van der Waals surface area contributed by atoms with Crippen LogP contribution in [-0.2, 0) is 0 Å². The molecule has 0 aliphatic heterocycles. The first-order valence-corrected chi connectivity index (χ1v) is 7.98. The summed E-state index contributed by atoms with van der Waals surface area (Å²) in [7, 11) is 0. The molecule has 0 saturated heterocycles. The van der Waals surface area contributed by atoms with Crippen LogP contribution < -0.4 is 0 Å². The minimum atomic E-state index is 0.502. The Balaban J connectivity index is 2.63. The molecule has 0 N–H and O–H groups in total. The summed E-state index contributed by atoms with van der Waals surface area (Å²) >= 11 is 1.88. The van der Waals surface area contributed by atoms with Crippen LogP contribution in [0.5, 0.6) is 0 Å².